The number of rotatable bonds is 3. The van der Waals surface area contributed by atoms with Gasteiger partial charge in [0, 0.05) is 25.0 Å². The first-order chi connectivity index (χ1) is 9.20. The molecule has 1 aliphatic heterocycles. The number of nitrogens with zero attached hydrogens (tertiary/aromatic N) is 2. The van der Waals surface area contributed by atoms with Gasteiger partial charge in [0.1, 0.15) is 0 Å². The molecule has 2 atom stereocenters. The summed E-state index contributed by atoms with van der Waals surface area (Å²) in [4.78, 5) is 17.8. The van der Waals surface area contributed by atoms with Gasteiger partial charge in [-0.1, -0.05) is 6.07 Å². The van der Waals surface area contributed by atoms with Gasteiger partial charge in [-0.15, -0.1) is 0 Å². The number of aromatic nitrogens is 1. The largest absolute Gasteiger partial charge is 0.394 e. The van der Waals surface area contributed by atoms with E-state index in [9.17, 15) is 4.79 Å². The number of hydrogen-bond acceptors (Lipinski definition) is 4. The molecule has 0 bridgehead atoms. The van der Waals surface area contributed by atoms with Gasteiger partial charge in [0.2, 0.25) is 5.91 Å². The van der Waals surface area contributed by atoms with Crippen LogP contribution in [0, 0.1) is 0 Å². The number of aliphatic hydroxyl groups is 1. The second-order valence-electron chi connectivity index (χ2n) is 4.60. The molecule has 0 spiro atoms. The fourth-order valence-corrected chi connectivity index (χ4v) is 1.97. The Morgan fingerprint density at radius 3 is 3.21 bits per heavy atom. The Bertz CT molecular complexity index is 447. The molecule has 0 aliphatic carbocycles. The predicted molar refractivity (Wildman–Crippen MR) is 71.3 cm³/mol. The first-order valence-corrected chi connectivity index (χ1v) is 6.32. The minimum atomic E-state index is -0.285. The van der Waals surface area contributed by atoms with Gasteiger partial charge in [0.05, 0.1) is 25.4 Å². The summed E-state index contributed by atoms with van der Waals surface area (Å²) in [6, 6.07) is 3.73. The van der Waals surface area contributed by atoms with Gasteiger partial charge in [-0.05, 0) is 24.6 Å². The highest BCUT2D eigenvalue weighted by atomic mass is 16.5. The van der Waals surface area contributed by atoms with E-state index in [1.165, 1.54) is 6.08 Å². The molecular weight excluding hydrogens is 244 g/mol. The molecule has 5 heteroatoms. The maximum atomic E-state index is 12.1. The monoisotopic (exact) mass is 262 g/mol. The minimum Gasteiger partial charge on any atom is -0.394 e. The summed E-state index contributed by atoms with van der Waals surface area (Å²) in [5.41, 5.74) is 0.885. The molecule has 1 amide bonds. The zero-order valence-electron chi connectivity index (χ0n) is 10.9. The number of morpholine rings is 1. The van der Waals surface area contributed by atoms with Crippen LogP contribution in [0.25, 0.3) is 6.08 Å². The van der Waals surface area contributed by atoms with Gasteiger partial charge in [0.15, 0.2) is 0 Å². The zero-order chi connectivity index (χ0) is 13.7. The van der Waals surface area contributed by atoms with Crippen molar-refractivity contribution in [3.05, 3.63) is 36.2 Å². The number of pyridine rings is 1. The number of aliphatic hydroxyl groups excluding tert-OH is 1. The molecule has 1 fully saturated rings. The lowest BCUT2D eigenvalue weighted by atomic mass is 10.2. The van der Waals surface area contributed by atoms with Crippen LogP contribution in [0.1, 0.15) is 12.5 Å². The maximum Gasteiger partial charge on any atom is 0.246 e. The molecule has 1 aliphatic rings. The SMILES string of the molecule is CC1COC(CO)CN1C(=O)/C=C/c1cccnc1. The van der Waals surface area contributed by atoms with Gasteiger partial charge < -0.3 is 14.7 Å². The summed E-state index contributed by atoms with van der Waals surface area (Å²) in [6.07, 6.45) is 6.38. The second kappa shape index (κ2) is 6.45. The Balaban J connectivity index is 2.00. The molecule has 0 saturated carbocycles. The van der Waals surface area contributed by atoms with E-state index < -0.39 is 0 Å². The third-order valence-corrected chi connectivity index (χ3v) is 3.10. The van der Waals surface area contributed by atoms with E-state index in [4.69, 9.17) is 9.84 Å². The first kappa shape index (κ1) is 13.7. The van der Waals surface area contributed by atoms with Crippen molar-refractivity contribution in [1.29, 1.82) is 0 Å². The van der Waals surface area contributed by atoms with E-state index in [0.29, 0.717) is 13.2 Å². The molecule has 1 aromatic rings. The Kier molecular flexibility index (Phi) is 4.65. The Hall–Kier alpha value is -1.72. The van der Waals surface area contributed by atoms with E-state index in [0.717, 1.165) is 5.56 Å². The summed E-state index contributed by atoms with van der Waals surface area (Å²) in [5.74, 6) is -0.0712. The lowest BCUT2D eigenvalue weighted by molar-refractivity contribution is -0.140. The fourth-order valence-electron chi connectivity index (χ4n) is 1.97. The highest BCUT2D eigenvalue weighted by molar-refractivity contribution is 5.92. The van der Waals surface area contributed by atoms with Crippen LogP contribution in [0.3, 0.4) is 0 Å². The van der Waals surface area contributed by atoms with Crippen molar-refractivity contribution < 1.29 is 14.6 Å². The Morgan fingerprint density at radius 1 is 1.68 bits per heavy atom. The normalized spacial score (nSPS) is 23.8. The first-order valence-electron chi connectivity index (χ1n) is 6.32. The number of carbonyl (C=O) groups is 1. The Morgan fingerprint density at radius 2 is 2.53 bits per heavy atom. The van der Waals surface area contributed by atoms with Crippen molar-refractivity contribution in [2.24, 2.45) is 0 Å². The molecule has 1 saturated heterocycles. The van der Waals surface area contributed by atoms with Crippen LogP contribution < -0.4 is 0 Å². The molecule has 102 valence electrons. The van der Waals surface area contributed by atoms with Crippen molar-refractivity contribution in [1.82, 2.24) is 9.88 Å². The van der Waals surface area contributed by atoms with Gasteiger partial charge in [-0.3, -0.25) is 9.78 Å². The van der Waals surface area contributed by atoms with Crippen LogP contribution >= 0.6 is 0 Å². The number of carbonyl (C=O) groups excluding carboxylic acids is 1. The number of amides is 1. The molecular formula is C14H18N2O3. The van der Waals surface area contributed by atoms with Crippen LogP contribution in [0.4, 0.5) is 0 Å². The van der Waals surface area contributed by atoms with E-state index >= 15 is 0 Å². The lowest BCUT2D eigenvalue weighted by Gasteiger charge is -2.36. The van der Waals surface area contributed by atoms with E-state index in [1.54, 1.807) is 23.4 Å². The summed E-state index contributed by atoms with van der Waals surface area (Å²) in [7, 11) is 0. The molecule has 2 rings (SSSR count). The van der Waals surface area contributed by atoms with Crippen molar-refractivity contribution >= 4 is 12.0 Å². The molecule has 1 aromatic heterocycles. The average molecular weight is 262 g/mol. The van der Waals surface area contributed by atoms with Crippen molar-refractivity contribution in [3.8, 4) is 0 Å². The Labute approximate surface area is 112 Å². The highest BCUT2D eigenvalue weighted by Crippen LogP contribution is 2.12. The summed E-state index contributed by atoms with van der Waals surface area (Å²) < 4.78 is 5.40. The molecule has 0 aromatic carbocycles. The zero-order valence-corrected chi connectivity index (χ0v) is 10.9. The van der Waals surface area contributed by atoms with Crippen molar-refractivity contribution in [2.45, 2.75) is 19.1 Å². The van der Waals surface area contributed by atoms with Gasteiger partial charge >= 0.3 is 0 Å². The van der Waals surface area contributed by atoms with Crippen molar-refractivity contribution in [3.63, 3.8) is 0 Å². The lowest BCUT2D eigenvalue weighted by Crippen LogP contribution is -2.51. The summed E-state index contributed by atoms with van der Waals surface area (Å²) in [6.45, 7) is 2.75. The third-order valence-electron chi connectivity index (χ3n) is 3.10. The highest BCUT2D eigenvalue weighted by Gasteiger charge is 2.27. The molecule has 19 heavy (non-hydrogen) atoms. The molecule has 1 N–H and O–H groups in total. The van der Waals surface area contributed by atoms with E-state index in [1.807, 2.05) is 19.1 Å². The van der Waals surface area contributed by atoms with Crippen LogP contribution in [0.2, 0.25) is 0 Å². The molecule has 0 radical (unpaired) electrons. The van der Waals surface area contributed by atoms with Crippen LogP contribution in [0.5, 0.6) is 0 Å². The van der Waals surface area contributed by atoms with Crippen molar-refractivity contribution in [2.75, 3.05) is 19.8 Å². The molecule has 5 nitrogen and oxygen atoms in total. The maximum absolute atomic E-state index is 12.1. The number of ether oxygens (including phenoxy) is 1. The van der Waals surface area contributed by atoms with Crippen LogP contribution in [0.15, 0.2) is 30.6 Å². The predicted octanol–water partition coefficient (Wildman–Crippen LogP) is 0.703. The van der Waals surface area contributed by atoms with Gasteiger partial charge in [-0.25, -0.2) is 0 Å². The van der Waals surface area contributed by atoms with E-state index in [-0.39, 0.29) is 24.7 Å². The standard InChI is InChI=1S/C14H18N2O3/c1-11-10-19-13(9-17)8-16(11)14(18)5-4-12-3-2-6-15-7-12/h2-7,11,13,17H,8-10H2,1H3/b5-4+. The fraction of sp³-hybridized carbons (Fsp3) is 0.429. The topological polar surface area (TPSA) is 62.7 Å². The number of hydrogen-bond donors (Lipinski definition) is 1. The summed E-state index contributed by atoms with van der Waals surface area (Å²) >= 11 is 0. The van der Waals surface area contributed by atoms with Crippen LogP contribution in [-0.2, 0) is 9.53 Å². The quantitative estimate of drug-likeness (QED) is 0.815. The smallest absolute Gasteiger partial charge is 0.246 e. The third kappa shape index (κ3) is 3.62. The second-order valence-corrected chi connectivity index (χ2v) is 4.60. The van der Waals surface area contributed by atoms with Gasteiger partial charge in [0.25, 0.3) is 0 Å². The summed E-state index contributed by atoms with van der Waals surface area (Å²) in [5, 5.41) is 9.10. The molecule has 2 heterocycles. The van der Waals surface area contributed by atoms with Crippen LogP contribution in [-0.4, -0.2) is 52.8 Å². The minimum absolute atomic E-state index is 0.0221. The molecule has 2 unspecified atom stereocenters. The average Bonchev–Trinajstić information content (AvgIpc) is 2.46. The van der Waals surface area contributed by atoms with E-state index in [2.05, 4.69) is 4.98 Å². The van der Waals surface area contributed by atoms with Gasteiger partial charge in [-0.2, -0.15) is 0 Å².